The normalized spacial score (nSPS) is 10.8. The van der Waals surface area contributed by atoms with Gasteiger partial charge in [0.05, 0.1) is 33.2 Å². The molecule has 3 aromatic rings. The van der Waals surface area contributed by atoms with Crippen LogP contribution in [0.4, 0.5) is 0 Å². The van der Waals surface area contributed by atoms with Crippen LogP contribution in [0.3, 0.4) is 0 Å². The maximum absolute atomic E-state index is 12.4. The molecule has 8 heteroatoms. The molecule has 2 N–H and O–H groups in total. The number of nitrogens with zero attached hydrogens (tertiary/aromatic N) is 2. The molecule has 0 spiro atoms. The van der Waals surface area contributed by atoms with Crippen LogP contribution >= 0.6 is 0 Å². The topological polar surface area (TPSA) is 97.8 Å². The highest BCUT2D eigenvalue weighted by molar-refractivity contribution is 5.94. The first kappa shape index (κ1) is 20.9. The van der Waals surface area contributed by atoms with E-state index in [1.54, 1.807) is 18.2 Å². The maximum Gasteiger partial charge on any atom is 0.289 e. The number of rotatable bonds is 7. The Morgan fingerprint density at radius 2 is 1.70 bits per heavy atom. The number of aromatic nitrogens is 2. The van der Waals surface area contributed by atoms with Crippen molar-refractivity contribution in [2.24, 2.45) is 5.10 Å². The van der Waals surface area contributed by atoms with E-state index in [1.165, 1.54) is 33.1 Å². The lowest BCUT2D eigenvalue weighted by atomic mass is 10.0. The average Bonchev–Trinajstić information content (AvgIpc) is 3.25. The van der Waals surface area contributed by atoms with Gasteiger partial charge >= 0.3 is 0 Å². The van der Waals surface area contributed by atoms with Gasteiger partial charge in [-0.2, -0.15) is 10.2 Å². The van der Waals surface area contributed by atoms with Crippen molar-refractivity contribution in [3.63, 3.8) is 0 Å². The molecule has 156 valence electrons. The zero-order valence-corrected chi connectivity index (χ0v) is 17.6. The Morgan fingerprint density at radius 3 is 2.30 bits per heavy atom. The standard InChI is InChI=1S/C22H24N4O4/c1-13-6-7-16(8-14(13)2)17-11-18(25-24-17)22(27)26-23-12-15-9-19(28-3)21(30-5)20(10-15)29-4/h6-12H,1-5H3,(H,24,25)(H,26,27). The van der Waals surface area contributed by atoms with E-state index in [0.29, 0.717) is 34.2 Å². The monoisotopic (exact) mass is 408 g/mol. The van der Waals surface area contributed by atoms with Gasteiger partial charge in [-0.15, -0.1) is 0 Å². The summed E-state index contributed by atoms with van der Waals surface area (Å²) in [5, 5.41) is 11.0. The van der Waals surface area contributed by atoms with Crippen LogP contribution in [-0.2, 0) is 0 Å². The second kappa shape index (κ2) is 9.13. The van der Waals surface area contributed by atoms with E-state index in [4.69, 9.17) is 14.2 Å². The third-order valence-electron chi connectivity index (χ3n) is 4.69. The van der Waals surface area contributed by atoms with Gasteiger partial charge in [0.25, 0.3) is 5.91 Å². The van der Waals surface area contributed by atoms with Gasteiger partial charge < -0.3 is 14.2 Å². The number of H-pyrrole nitrogens is 1. The molecule has 0 fully saturated rings. The van der Waals surface area contributed by atoms with Crippen molar-refractivity contribution in [1.82, 2.24) is 15.6 Å². The number of hydrogen-bond donors (Lipinski definition) is 2. The van der Waals surface area contributed by atoms with Crippen molar-refractivity contribution in [1.29, 1.82) is 0 Å². The lowest BCUT2D eigenvalue weighted by Crippen LogP contribution is -2.18. The summed E-state index contributed by atoms with van der Waals surface area (Å²) in [5.41, 5.74) is 7.46. The number of ether oxygens (including phenoxy) is 3. The second-order valence-electron chi connectivity index (χ2n) is 6.62. The minimum atomic E-state index is -0.402. The van der Waals surface area contributed by atoms with Crippen LogP contribution in [-0.4, -0.2) is 43.6 Å². The molecule has 30 heavy (non-hydrogen) atoms. The summed E-state index contributed by atoms with van der Waals surface area (Å²) in [4.78, 5) is 12.4. The van der Waals surface area contributed by atoms with Gasteiger partial charge in [-0.1, -0.05) is 12.1 Å². The van der Waals surface area contributed by atoms with Crippen molar-refractivity contribution in [2.45, 2.75) is 13.8 Å². The van der Waals surface area contributed by atoms with Crippen LogP contribution in [0, 0.1) is 13.8 Å². The van der Waals surface area contributed by atoms with E-state index < -0.39 is 5.91 Å². The first-order valence-corrected chi connectivity index (χ1v) is 9.23. The van der Waals surface area contributed by atoms with Gasteiger partial charge in [0, 0.05) is 11.1 Å². The number of aryl methyl sites for hydroxylation is 2. The molecule has 0 saturated heterocycles. The Labute approximate surface area is 174 Å². The van der Waals surface area contributed by atoms with Crippen LogP contribution < -0.4 is 19.6 Å². The van der Waals surface area contributed by atoms with E-state index in [1.807, 2.05) is 25.1 Å². The summed E-state index contributed by atoms with van der Waals surface area (Å²) < 4.78 is 15.9. The summed E-state index contributed by atoms with van der Waals surface area (Å²) in [6, 6.07) is 11.2. The van der Waals surface area contributed by atoms with Crippen LogP contribution in [0.1, 0.15) is 27.2 Å². The number of amides is 1. The molecule has 1 heterocycles. The van der Waals surface area contributed by atoms with Crippen molar-refractivity contribution >= 4 is 12.1 Å². The Kier molecular flexibility index (Phi) is 6.36. The molecule has 0 bridgehead atoms. The van der Waals surface area contributed by atoms with E-state index >= 15 is 0 Å². The van der Waals surface area contributed by atoms with E-state index in [9.17, 15) is 4.79 Å². The van der Waals surface area contributed by atoms with Gasteiger partial charge in [-0.05, 0) is 49.2 Å². The number of carbonyl (C=O) groups is 1. The molecule has 2 aromatic carbocycles. The Balaban J connectivity index is 1.72. The van der Waals surface area contributed by atoms with Crippen molar-refractivity contribution in [2.75, 3.05) is 21.3 Å². The molecule has 8 nitrogen and oxygen atoms in total. The number of hydrogen-bond acceptors (Lipinski definition) is 6. The molecule has 0 radical (unpaired) electrons. The number of carbonyl (C=O) groups excluding carboxylic acids is 1. The molecule has 0 aliphatic heterocycles. The fourth-order valence-electron chi connectivity index (χ4n) is 2.89. The molecular weight excluding hydrogens is 384 g/mol. The van der Waals surface area contributed by atoms with E-state index in [2.05, 4.69) is 27.6 Å². The zero-order chi connectivity index (χ0) is 21.7. The highest BCUT2D eigenvalue weighted by Gasteiger charge is 2.13. The fraction of sp³-hybridized carbons (Fsp3) is 0.227. The maximum atomic E-state index is 12.4. The van der Waals surface area contributed by atoms with E-state index in [-0.39, 0.29) is 0 Å². The minimum absolute atomic E-state index is 0.310. The Morgan fingerprint density at radius 1 is 1.00 bits per heavy atom. The second-order valence-corrected chi connectivity index (χ2v) is 6.62. The third-order valence-corrected chi connectivity index (χ3v) is 4.69. The van der Waals surface area contributed by atoms with Crippen LogP contribution in [0.15, 0.2) is 41.5 Å². The summed E-state index contributed by atoms with van der Waals surface area (Å²) in [7, 11) is 4.60. The summed E-state index contributed by atoms with van der Waals surface area (Å²) in [6.45, 7) is 4.09. The number of hydrazone groups is 1. The zero-order valence-electron chi connectivity index (χ0n) is 17.6. The molecule has 1 amide bonds. The van der Waals surface area contributed by atoms with E-state index in [0.717, 1.165) is 11.1 Å². The number of benzene rings is 2. The van der Waals surface area contributed by atoms with Gasteiger partial charge in [0.2, 0.25) is 5.75 Å². The largest absolute Gasteiger partial charge is 0.493 e. The lowest BCUT2D eigenvalue weighted by molar-refractivity contribution is 0.0950. The molecule has 1 aromatic heterocycles. The smallest absolute Gasteiger partial charge is 0.289 e. The third kappa shape index (κ3) is 4.43. The van der Waals surface area contributed by atoms with Crippen LogP contribution in [0.2, 0.25) is 0 Å². The molecule has 0 aliphatic rings. The number of methoxy groups -OCH3 is 3. The van der Waals surface area contributed by atoms with Gasteiger partial charge in [-0.3, -0.25) is 9.89 Å². The van der Waals surface area contributed by atoms with Gasteiger partial charge in [-0.25, -0.2) is 5.43 Å². The van der Waals surface area contributed by atoms with Crippen molar-refractivity contribution < 1.29 is 19.0 Å². The summed E-state index contributed by atoms with van der Waals surface area (Å²) in [5.74, 6) is 1.08. The summed E-state index contributed by atoms with van der Waals surface area (Å²) >= 11 is 0. The Hall–Kier alpha value is -3.81. The minimum Gasteiger partial charge on any atom is -0.493 e. The molecule has 0 unspecified atom stereocenters. The molecule has 0 saturated carbocycles. The number of aromatic amines is 1. The molecule has 3 rings (SSSR count). The van der Waals surface area contributed by atoms with Crippen LogP contribution in [0.25, 0.3) is 11.3 Å². The van der Waals surface area contributed by atoms with Crippen molar-refractivity contribution in [3.8, 4) is 28.5 Å². The predicted octanol–water partition coefficient (Wildman–Crippen LogP) is 3.48. The highest BCUT2D eigenvalue weighted by Crippen LogP contribution is 2.37. The fourth-order valence-corrected chi connectivity index (χ4v) is 2.89. The molecule has 0 atom stereocenters. The SMILES string of the molecule is COc1cc(C=NNC(=O)c2cc(-c3ccc(C)c(C)c3)n[nH]2)cc(OC)c1OC. The van der Waals surface area contributed by atoms with Crippen LogP contribution in [0.5, 0.6) is 17.2 Å². The predicted molar refractivity (Wildman–Crippen MR) is 115 cm³/mol. The van der Waals surface area contributed by atoms with Gasteiger partial charge in [0.1, 0.15) is 5.69 Å². The number of nitrogens with one attached hydrogen (secondary N) is 2. The Bertz CT molecular complexity index is 1060. The van der Waals surface area contributed by atoms with Gasteiger partial charge in [0.15, 0.2) is 11.5 Å². The average molecular weight is 408 g/mol. The van der Waals surface area contributed by atoms with Crippen molar-refractivity contribution in [3.05, 3.63) is 58.8 Å². The highest BCUT2D eigenvalue weighted by atomic mass is 16.5. The lowest BCUT2D eigenvalue weighted by Gasteiger charge is -2.12. The first-order chi connectivity index (χ1) is 14.5. The quantitative estimate of drug-likeness (QED) is 0.461. The first-order valence-electron chi connectivity index (χ1n) is 9.23. The summed E-state index contributed by atoms with van der Waals surface area (Å²) in [6.07, 6.45) is 1.49. The molecule has 0 aliphatic carbocycles. The molecular formula is C22H24N4O4.